The van der Waals surface area contributed by atoms with Crippen molar-refractivity contribution in [2.24, 2.45) is 0 Å². The van der Waals surface area contributed by atoms with Gasteiger partial charge in [-0.1, -0.05) is 245 Å². The predicted octanol–water partition coefficient (Wildman–Crippen LogP) is 17.3. The lowest BCUT2D eigenvalue weighted by atomic mass is 9.98. The summed E-state index contributed by atoms with van der Waals surface area (Å²) in [5.41, 5.74) is -0.785. The van der Waals surface area contributed by atoms with Crippen LogP contribution in [-0.2, 0) is 42.9 Å². The highest BCUT2D eigenvalue weighted by Crippen LogP contribution is 2.40. The van der Waals surface area contributed by atoms with Crippen LogP contribution in [-0.4, -0.2) is 70.5 Å². The molecule has 1 heterocycles. The summed E-state index contributed by atoms with van der Waals surface area (Å²) in [5, 5.41) is -0.0163. The molecule has 0 radical (unpaired) electrons. The van der Waals surface area contributed by atoms with Crippen molar-refractivity contribution in [3.63, 3.8) is 0 Å². The van der Waals surface area contributed by atoms with Crippen LogP contribution in [0.4, 0.5) is 0 Å². The second kappa shape index (κ2) is 44.7. The van der Waals surface area contributed by atoms with E-state index in [2.05, 4.69) is 27.7 Å². The van der Waals surface area contributed by atoms with Gasteiger partial charge in [-0.25, -0.2) is 0 Å². The monoisotopic (exact) mass is 1020 g/mol. The Labute approximate surface area is 439 Å². The molecule has 1 aliphatic heterocycles. The van der Waals surface area contributed by atoms with Crippen molar-refractivity contribution in [1.29, 1.82) is 0 Å². The van der Waals surface area contributed by atoms with Crippen LogP contribution in [0.3, 0.4) is 0 Å². The van der Waals surface area contributed by atoms with E-state index < -0.39 is 41.8 Å². The number of thioether (sulfide) groups is 1. The van der Waals surface area contributed by atoms with Crippen molar-refractivity contribution in [3.8, 4) is 0 Å². The number of hydrogen-bond donors (Lipinski definition) is 0. The molecular weight excluding hydrogens is 917 g/mol. The molecular formula is C59H106O9S2. The molecule has 2 rings (SSSR count). The van der Waals surface area contributed by atoms with Crippen LogP contribution in [0.25, 0.3) is 0 Å². The number of thiocarbonyl (C=S) groups is 1. The maximum atomic E-state index is 14.0. The first-order chi connectivity index (χ1) is 34.2. The summed E-state index contributed by atoms with van der Waals surface area (Å²) in [6, 6.07) is 0. The number of rotatable bonds is 47. The Balaban J connectivity index is 2.30. The van der Waals surface area contributed by atoms with Gasteiger partial charge in [-0.15, -0.1) is 11.8 Å². The van der Waals surface area contributed by atoms with Gasteiger partial charge in [-0.3, -0.25) is 19.2 Å². The van der Waals surface area contributed by atoms with Gasteiger partial charge in [0.05, 0.1) is 0 Å². The zero-order valence-electron chi connectivity index (χ0n) is 45.6. The largest absolute Gasteiger partial charge is 0.463 e. The first-order valence-electron chi connectivity index (χ1n) is 29.8. The van der Waals surface area contributed by atoms with Gasteiger partial charge in [-0.05, 0) is 44.9 Å². The van der Waals surface area contributed by atoms with E-state index in [1.165, 1.54) is 147 Å². The van der Waals surface area contributed by atoms with Crippen LogP contribution in [0.1, 0.15) is 304 Å². The van der Waals surface area contributed by atoms with Crippen molar-refractivity contribution < 1.29 is 42.9 Å². The Kier molecular flexibility index (Phi) is 41.2. The quantitative estimate of drug-likeness (QED) is 0.0251. The maximum Gasteiger partial charge on any atom is 0.306 e. The highest BCUT2D eigenvalue weighted by atomic mass is 32.2. The number of carbonyl (C=O) groups excluding carboxylic acids is 4. The first kappa shape index (κ1) is 64.4. The summed E-state index contributed by atoms with van der Waals surface area (Å²) in [5.74, 6) is -1.57. The molecule has 1 saturated heterocycles. The normalized spacial score (nSPS) is 20.1. The van der Waals surface area contributed by atoms with Crippen molar-refractivity contribution >= 4 is 52.7 Å². The molecule has 0 N–H and O–H groups in total. The van der Waals surface area contributed by atoms with Gasteiger partial charge in [0, 0.05) is 35.8 Å². The molecule has 2 fully saturated rings. The van der Waals surface area contributed by atoms with Crippen LogP contribution in [0, 0.1) is 0 Å². The van der Waals surface area contributed by atoms with Crippen LogP contribution in [0.5, 0.6) is 0 Å². The lowest BCUT2D eigenvalue weighted by molar-refractivity contribution is -0.239. The zero-order chi connectivity index (χ0) is 50.7. The molecule has 0 amide bonds. The summed E-state index contributed by atoms with van der Waals surface area (Å²) in [7, 11) is 0. The average molecular weight is 1020 g/mol. The van der Waals surface area contributed by atoms with Gasteiger partial charge in [-0.2, -0.15) is 0 Å². The van der Waals surface area contributed by atoms with E-state index in [9.17, 15) is 19.2 Å². The van der Waals surface area contributed by atoms with Crippen LogP contribution >= 0.6 is 24.0 Å². The second-order valence-electron chi connectivity index (χ2n) is 20.9. The van der Waals surface area contributed by atoms with E-state index in [0.717, 1.165) is 101 Å². The Morgan fingerprint density at radius 1 is 0.443 bits per heavy atom. The molecule has 11 heteroatoms. The minimum absolute atomic E-state index is 0.0163. The van der Waals surface area contributed by atoms with Gasteiger partial charge in [0.25, 0.3) is 0 Å². The highest BCUT2D eigenvalue weighted by molar-refractivity contribution is 8.02. The third-order valence-corrected chi connectivity index (χ3v) is 16.4. The van der Waals surface area contributed by atoms with Crippen LogP contribution in [0.2, 0.25) is 0 Å². The topological polar surface area (TPSA) is 114 Å². The summed E-state index contributed by atoms with van der Waals surface area (Å²) < 4.78 is 31.9. The van der Waals surface area contributed by atoms with Gasteiger partial charge in [0.1, 0.15) is 18.1 Å². The third kappa shape index (κ3) is 32.5. The highest BCUT2D eigenvalue weighted by Gasteiger charge is 2.53. The Bertz CT molecular complexity index is 1330. The minimum Gasteiger partial charge on any atom is -0.463 e. The standard InChI is InChI=1S/C59H106O9S2/c1-5-9-13-17-21-25-29-33-37-44-52(60)64-48-49-56(66-53(61)45-38-34-30-26-22-18-14-10-6-2)57(67-54(62)46-39-35-31-27-23-19-15-11-7-3)58(59(65-49)70-51-43-41-42-50(51)69)68-55(63)47-40-36-32-28-24-20-16-12-8-4/h49,51,56-59H,5-48H2,1-4H3/t49-,51?,56+,57+,58-,59+/m1/s1. The molecule has 0 bridgehead atoms. The molecule has 6 atom stereocenters. The van der Waals surface area contributed by atoms with Crippen molar-refractivity contribution in [2.45, 2.75) is 339 Å². The lowest BCUT2D eigenvalue weighted by Gasteiger charge is -2.45. The van der Waals surface area contributed by atoms with E-state index >= 15 is 0 Å². The van der Waals surface area contributed by atoms with Gasteiger partial charge < -0.3 is 23.7 Å². The second-order valence-corrected chi connectivity index (χ2v) is 22.7. The lowest BCUT2D eigenvalue weighted by Crippen LogP contribution is -2.62. The van der Waals surface area contributed by atoms with Gasteiger partial charge >= 0.3 is 23.9 Å². The van der Waals surface area contributed by atoms with Crippen molar-refractivity contribution in [1.82, 2.24) is 0 Å². The predicted molar refractivity (Wildman–Crippen MR) is 294 cm³/mol. The molecule has 1 saturated carbocycles. The summed E-state index contributed by atoms with van der Waals surface area (Å²) in [6.45, 7) is 8.75. The number of esters is 4. The molecule has 1 unspecified atom stereocenters. The fraction of sp³-hybridized carbons (Fsp3) is 0.915. The first-order valence-corrected chi connectivity index (χ1v) is 31.2. The molecule has 70 heavy (non-hydrogen) atoms. The molecule has 0 aromatic carbocycles. The van der Waals surface area contributed by atoms with E-state index in [4.69, 9.17) is 35.9 Å². The number of carbonyl (C=O) groups is 4. The minimum atomic E-state index is -1.15. The Morgan fingerprint density at radius 2 is 0.757 bits per heavy atom. The molecule has 0 aromatic rings. The molecule has 9 nitrogen and oxygen atoms in total. The van der Waals surface area contributed by atoms with E-state index in [0.29, 0.717) is 19.3 Å². The summed E-state index contributed by atoms with van der Waals surface area (Å²) >= 11 is 7.32. The number of hydrogen-bond acceptors (Lipinski definition) is 11. The van der Waals surface area contributed by atoms with E-state index in [1.807, 2.05) is 0 Å². The smallest absolute Gasteiger partial charge is 0.306 e. The van der Waals surface area contributed by atoms with Crippen LogP contribution < -0.4 is 0 Å². The summed E-state index contributed by atoms with van der Waals surface area (Å²) in [4.78, 5) is 56.0. The molecule has 2 aliphatic rings. The third-order valence-electron chi connectivity index (χ3n) is 14.3. The van der Waals surface area contributed by atoms with E-state index in [1.54, 1.807) is 0 Å². The average Bonchev–Trinajstić information content (AvgIpc) is 3.76. The Hall–Kier alpha value is -1.72. The van der Waals surface area contributed by atoms with Crippen LogP contribution in [0.15, 0.2) is 0 Å². The Morgan fingerprint density at radius 3 is 1.10 bits per heavy atom. The van der Waals surface area contributed by atoms with Gasteiger partial charge in [0.2, 0.25) is 0 Å². The number of unbranched alkanes of at least 4 members (excludes halogenated alkanes) is 32. The zero-order valence-corrected chi connectivity index (χ0v) is 47.2. The molecule has 1 aliphatic carbocycles. The fourth-order valence-electron chi connectivity index (χ4n) is 9.81. The van der Waals surface area contributed by atoms with Gasteiger partial charge in [0.15, 0.2) is 18.3 Å². The SMILES string of the molecule is CCCCCCCCCCCC(=O)OC[C@H]1O[C@@H](SC2CCCC2=S)[C@H](OC(=O)CCCCCCCCCCC)[C@@H](OC(=O)CCCCCCCCCCC)[C@H]1OC(=O)CCCCCCCCCCC. The molecule has 0 aromatic heterocycles. The van der Waals surface area contributed by atoms with Crippen molar-refractivity contribution in [2.75, 3.05) is 6.61 Å². The summed E-state index contributed by atoms with van der Waals surface area (Å²) in [6.07, 6.45) is 39.8. The molecule has 408 valence electrons. The maximum absolute atomic E-state index is 14.0. The fourth-order valence-corrected chi connectivity index (χ4v) is 11.7. The van der Waals surface area contributed by atoms with Crippen molar-refractivity contribution in [3.05, 3.63) is 0 Å². The number of ether oxygens (including phenoxy) is 5. The molecule has 0 spiro atoms. The van der Waals surface area contributed by atoms with E-state index in [-0.39, 0.29) is 49.5 Å².